The summed E-state index contributed by atoms with van der Waals surface area (Å²) in [7, 11) is 0. The van der Waals surface area contributed by atoms with E-state index in [9.17, 15) is 9.90 Å². The first-order valence-corrected chi connectivity index (χ1v) is 14.5. The third kappa shape index (κ3) is 4.78. The highest BCUT2D eigenvalue weighted by molar-refractivity contribution is 6.01. The number of nitrogens with one attached hydrogen (secondary N) is 1. The van der Waals surface area contributed by atoms with E-state index in [0.29, 0.717) is 53.8 Å². The molecule has 2 saturated heterocycles. The molecule has 0 amide bonds. The number of anilines is 3. The summed E-state index contributed by atoms with van der Waals surface area (Å²) in [5.74, 6) is 0.393. The van der Waals surface area contributed by atoms with Crippen LogP contribution in [0.3, 0.4) is 0 Å². The zero-order valence-electron chi connectivity index (χ0n) is 24.6. The Morgan fingerprint density at radius 2 is 1.98 bits per heavy atom. The number of hydrogen-bond acceptors (Lipinski definition) is 8. The van der Waals surface area contributed by atoms with Gasteiger partial charge in [-0.05, 0) is 71.4 Å². The maximum atomic E-state index is 13.4. The molecule has 5 heterocycles. The fraction of sp³-hybridized carbons (Fsp3) is 0.484. The first-order chi connectivity index (χ1) is 19.5. The van der Waals surface area contributed by atoms with E-state index in [4.69, 9.17) is 9.98 Å². The molecule has 2 N–H and O–H groups in total. The Hall–Kier alpha value is -3.76. The quantitative estimate of drug-likeness (QED) is 0.404. The molecule has 3 aliphatic rings. The minimum absolute atomic E-state index is 0.206. The average Bonchev–Trinajstić information content (AvgIpc) is 3.61. The SMILES string of the molecule is C=CCn1c(=O)c2cnc(Nc3ccc(N4C[C@@H]5C[C@H]4CN5C(C)C)cc3)nc2n1C1(C)CC=CC(C(C)(C)O)=N1. The van der Waals surface area contributed by atoms with Crippen molar-refractivity contribution in [2.24, 2.45) is 4.99 Å². The van der Waals surface area contributed by atoms with Crippen LogP contribution in [0.15, 0.2) is 65.1 Å². The molecular weight excluding hydrogens is 516 g/mol. The van der Waals surface area contributed by atoms with Crippen molar-refractivity contribution in [3.05, 3.63) is 65.6 Å². The number of aromatic nitrogens is 4. The van der Waals surface area contributed by atoms with Gasteiger partial charge in [-0.25, -0.2) is 14.3 Å². The molecule has 0 spiro atoms. The van der Waals surface area contributed by atoms with Gasteiger partial charge >= 0.3 is 0 Å². The van der Waals surface area contributed by atoms with Crippen LogP contribution in [0, 0.1) is 0 Å². The fourth-order valence-electron chi connectivity index (χ4n) is 6.59. The number of aliphatic hydroxyl groups is 1. The van der Waals surface area contributed by atoms with E-state index in [2.05, 4.69) is 64.8 Å². The molecule has 10 heteroatoms. The van der Waals surface area contributed by atoms with Gasteiger partial charge in [0.1, 0.15) is 11.0 Å². The van der Waals surface area contributed by atoms with E-state index < -0.39 is 11.3 Å². The van der Waals surface area contributed by atoms with Crippen LogP contribution < -0.4 is 15.8 Å². The normalized spacial score (nSPS) is 24.5. The number of aliphatic imine (C=N–C) groups is 1. The maximum Gasteiger partial charge on any atom is 0.278 e. The summed E-state index contributed by atoms with van der Waals surface area (Å²) in [5.41, 5.74) is 0.920. The standard InChI is InChI=1S/C31H40N8O2/c1-7-15-38-28(40)25-17-32-29(34-27(25)39(38)31(6)14-8-9-26(35-31)30(4,5)41)33-21-10-12-22(13-11-21)37-19-23-16-24(37)18-36(23)20(2)3/h7-13,17,20,23-24,41H,1,14-16,18-19H2,2-6H3,(H,32,33,34)/t23-,24-,31?/m0/s1. The molecule has 2 fully saturated rings. The molecule has 6 rings (SSSR count). The largest absolute Gasteiger partial charge is 0.384 e. The lowest BCUT2D eigenvalue weighted by molar-refractivity contribution is 0.150. The number of nitrogens with zero attached hydrogens (tertiary/aromatic N) is 7. The van der Waals surface area contributed by atoms with Gasteiger partial charge in [-0.15, -0.1) is 6.58 Å². The molecule has 0 saturated carbocycles. The third-order valence-corrected chi connectivity index (χ3v) is 8.60. The van der Waals surface area contributed by atoms with Crippen molar-refractivity contribution in [2.75, 3.05) is 23.3 Å². The second-order valence-corrected chi connectivity index (χ2v) is 12.5. The predicted octanol–water partition coefficient (Wildman–Crippen LogP) is 4.04. The molecule has 216 valence electrons. The van der Waals surface area contributed by atoms with Gasteiger partial charge in [-0.3, -0.25) is 14.7 Å². The molecule has 10 nitrogen and oxygen atoms in total. The molecule has 1 unspecified atom stereocenters. The fourth-order valence-corrected chi connectivity index (χ4v) is 6.59. The van der Waals surface area contributed by atoms with Crippen molar-refractivity contribution in [1.82, 2.24) is 24.2 Å². The number of hydrogen-bond donors (Lipinski definition) is 2. The molecule has 3 atom stereocenters. The molecule has 2 bridgehead atoms. The zero-order valence-corrected chi connectivity index (χ0v) is 24.6. The Kier molecular flexibility index (Phi) is 6.66. The minimum Gasteiger partial charge on any atom is -0.384 e. The second-order valence-electron chi connectivity index (χ2n) is 12.5. The number of piperazine rings is 1. The van der Waals surface area contributed by atoms with Gasteiger partial charge in [0.25, 0.3) is 5.56 Å². The van der Waals surface area contributed by atoms with Crippen LogP contribution in [-0.4, -0.2) is 71.9 Å². The Morgan fingerprint density at radius 1 is 1.22 bits per heavy atom. The van der Waals surface area contributed by atoms with Gasteiger partial charge in [-0.2, -0.15) is 4.98 Å². The second kappa shape index (κ2) is 9.95. The van der Waals surface area contributed by atoms with E-state index in [1.54, 1.807) is 30.8 Å². The van der Waals surface area contributed by atoms with Crippen molar-refractivity contribution >= 4 is 34.1 Å². The first kappa shape index (κ1) is 27.4. The van der Waals surface area contributed by atoms with E-state index in [0.717, 1.165) is 18.8 Å². The molecule has 41 heavy (non-hydrogen) atoms. The van der Waals surface area contributed by atoms with Crippen LogP contribution in [0.5, 0.6) is 0 Å². The number of dihydropyridines is 1. The Morgan fingerprint density at radius 3 is 2.61 bits per heavy atom. The molecule has 3 aliphatic heterocycles. The lowest BCUT2D eigenvalue weighted by Gasteiger charge is -2.37. The number of benzene rings is 1. The number of rotatable bonds is 8. The summed E-state index contributed by atoms with van der Waals surface area (Å²) in [6.07, 6.45) is 8.83. The van der Waals surface area contributed by atoms with Crippen LogP contribution in [-0.2, 0) is 12.2 Å². The van der Waals surface area contributed by atoms with Crippen LogP contribution >= 0.6 is 0 Å². The number of fused-ring (bicyclic) bond motifs is 3. The van der Waals surface area contributed by atoms with Crippen LogP contribution in [0.1, 0.15) is 47.5 Å². The van der Waals surface area contributed by atoms with Crippen LogP contribution in [0.4, 0.5) is 17.3 Å². The monoisotopic (exact) mass is 556 g/mol. The highest BCUT2D eigenvalue weighted by Crippen LogP contribution is 2.36. The predicted molar refractivity (Wildman–Crippen MR) is 164 cm³/mol. The van der Waals surface area contributed by atoms with E-state index in [-0.39, 0.29) is 5.56 Å². The number of likely N-dealkylation sites (tertiary alicyclic amines) is 1. The smallest absolute Gasteiger partial charge is 0.278 e. The van der Waals surface area contributed by atoms with Gasteiger partial charge in [0, 0.05) is 55.2 Å². The molecular formula is C31H40N8O2. The van der Waals surface area contributed by atoms with Crippen molar-refractivity contribution in [2.45, 2.75) is 83.4 Å². The molecule has 0 aliphatic carbocycles. The van der Waals surface area contributed by atoms with Gasteiger partial charge in [0.05, 0.1) is 12.3 Å². The zero-order chi connectivity index (χ0) is 29.1. The lowest BCUT2D eigenvalue weighted by atomic mass is 9.96. The topological polar surface area (TPSA) is 104 Å². The van der Waals surface area contributed by atoms with Gasteiger partial charge in [0.2, 0.25) is 5.95 Å². The Balaban J connectivity index is 1.30. The summed E-state index contributed by atoms with van der Waals surface area (Å²) in [6.45, 7) is 16.3. The summed E-state index contributed by atoms with van der Waals surface area (Å²) < 4.78 is 3.42. The van der Waals surface area contributed by atoms with Gasteiger partial charge in [0.15, 0.2) is 11.3 Å². The van der Waals surface area contributed by atoms with E-state index in [1.165, 1.54) is 12.1 Å². The molecule has 0 radical (unpaired) electrons. The maximum absolute atomic E-state index is 13.4. The highest BCUT2D eigenvalue weighted by atomic mass is 16.3. The van der Waals surface area contributed by atoms with Crippen molar-refractivity contribution in [1.29, 1.82) is 0 Å². The van der Waals surface area contributed by atoms with Crippen LogP contribution in [0.2, 0.25) is 0 Å². The molecule has 1 aromatic carbocycles. The summed E-state index contributed by atoms with van der Waals surface area (Å²) in [6, 6.07) is 10.2. The lowest BCUT2D eigenvalue weighted by Crippen LogP contribution is -2.48. The van der Waals surface area contributed by atoms with Crippen molar-refractivity contribution in [3.63, 3.8) is 0 Å². The van der Waals surface area contributed by atoms with Crippen molar-refractivity contribution in [3.8, 4) is 0 Å². The highest BCUT2D eigenvalue weighted by Gasteiger charge is 2.44. The average molecular weight is 557 g/mol. The minimum atomic E-state index is -1.12. The molecule has 2 aromatic heterocycles. The Bertz CT molecular complexity index is 1590. The van der Waals surface area contributed by atoms with E-state index in [1.807, 2.05) is 23.8 Å². The first-order valence-electron chi connectivity index (χ1n) is 14.5. The van der Waals surface area contributed by atoms with Gasteiger partial charge < -0.3 is 15.3 Å². The summed E-state index contributed by atoms with van der Waals surface area (Å²) in [5, 5.41) is 14.4. The molecule has 3 aromatic rings. The van der Waals surface area contributed by atoms with Crippen LogP contribution in [0.25, 0.3) is 11.0 Å². The third-order valence-electron chi connectivity index (χ3n) is 8.60. The van der Waals surface area contributed by atoms with Gasteiger partial charge in [-0.1, -0.05) is 12.2 Å². The van der Waals surface area contributed by atoms with E-state index >= 15 is 0 Å². The summed E-state index contributed by atoms with van der Waals surface area (Å²) >= 11 is 0. The number of allylic oxidation sites excluding steroid dienone is 1. The van der Waals surface area contributed by atoms with Crippen molar-refractivity contribution < 1.29 is 5.11 Å². The Labute approximate surface area is 240 Å². The summed E-state index contributed by atoms with van der Waals surface area (Å²) in [4.78, 5) is 32.8.